The summed E-state index contributed by atoms with van der Waals surface area (Å²) in [6, 6.07) is 2.85. The van der Waals surface area contributed by atoms with Crippen molar-refractivity contribution in [3.05, 3.63) is 44.9 Å². The molecule has 0 aliphatic carbocycles. The Hall–Kier alpha value is -1.70. The summed E-state index contributed by atoms with van der Waals surface area (Å²) in [4.78, 5) is 15.1. The van der Waals surface area contributed by atoms with Crippen LogP contribution >= 0.6 is 23.2 Å². The number of carbonyl (C=O) groups excluding carboxylic acids is 1. The quantitative estimate of drug-likeness (QED) is 0.291. The maximum absolute atomic E-state index is 11.9. The first-order chi connectivity index (χ1) is 11.0. The van der Waals surface area contributed by atoms with E-state index in [1.54, 1.807) is 0 Å². The molecule has 0 aliphatic heterocycles. The summed E-state index contributed by atoms with van der Waals surface area (Å²) in [7, 11) is 0. The number of hydrogen-bond acceptors (Lipinski definition) is 3. The summed E-state index contributed by atoms with van der Waals surface area (Å²) in [5.74, 6) is -0.902. The van der Waals surface area contributed by atoms with Gasteiger partial charge in [0, 0.05) is 0 Å². The smallest absolute Gasteiger partial charge is 0.336 e. The normalized spacial score (nSPS) is 11.1. The van der Waals surface area contributed by atoms with E-state index in [1.165, 1.54) is 24.6 Å². The zero-order valence-electron chi connectivity index (χ0n) is 12.9. The topological polar surface area (TPSA) is 50.9 Å². The standard InChI is InChI=1S/C17H19Cl2NO3/c1-3-4-5-6-7-8-23-17(22)15(20-2)11-12-9-13(18)16(21)14(19)10-12/h9-11,21H,3-8H2,1H3. The van der Waals surface area contributed by atoms with Crippen molar-refractivity contribution in [2.45, 2.75) is 39.0 Å². The third-order valence-electron chi connectivity index (χ3n) is 3.15. The van der Waals surface area contributed by atoms with Gasteiger partial charge in [-0.05, 0) is 30.2 Å². The Morgan fingerprint density at radius 1 is 1.26 bits per heavy atom. The van der Waals surface area contributed by atoms with Crippen molar-refractivity contribution in [2.75, 3.05) is 6.61 Å². The van der Waals surface area contributed by atoms with Gasteiger partial charge in [-0.3, -0.25) is 4.79 Å². The highest BCUT2D eigenvalue weighted by molar-refractivity contribution is 6.37. The van der Waals surface area contributed by atoms with E-state index in [-0.39, 0.29) is 21.5 Å². The van der Waals surface area contributed by atoms with E-state index in [0.29, 0.717) is 12.2 Å². The summed E-state index contributed by atoms with van der Waals surface area (Å²) in [6.07, 6.45) is 6.56. The van der Waals surface area contributed by atoms with Gasteiger partial charge in [0.15, 0.2) is 5.75 Å². The fourth-order valence-electron chi connectivity index (χ4n) is 1.91. The first-order valence-electron chi connectivity index (χ1n) is 7.43. The number of carbonyl (C=O) groups is 1. The van der Waals surface area contributed by atoms with Crippen LogP contribution in [0, 0.1) is 6.57 Å². The third-order valence-corrected chi connectivity index (χ3v) is 3.73. The van der Waals surface area contributed by atoms with Crippen LogP contribution < -0.4 is 0 Å². The van der Waals surface area contributed by atoms with Gasteiger partial charge in [-0.25, -0.2) is 4.85 Å². The second-order valence-electron chi connectivity index (χ2n) is 5.02. The summed E-state index contributed by atoms with van der Waals surface area (Å²) in [6.45, 7) is 9.53. The highest BCUT2D eigenvalue weighted by atomic mass is 35.5. The van der Waals surface area contributed by atoms with E-state index >= 15 is 0 Å². The maximum atomic E-state index is 11.9. The van der Waals surface area contributed by atoms with Crippen molar-refractivity contribution in [1.29, 1.82) is 0 Å². The molecule has 0 atom stereocenters. The number of phenolic OH excluding ortho intramolecular Hbond substituents is 1. The first kappa shape index (κ1) is 19.3. The van der Waals surface area contributed by atoms with Crippen LogP contribution in [0.5, 0.6) is 5.75 Å². The molecule has 0 saturated heterocycles. The van der Waals surface area contributed by atoms with E-state index in [2.05, 4.69) is 11.8 Å². The van der Waals surface area contributed by atoms with E-state index in [4.69, 9.17) is 34.5 Å². The van der Waals surface area contributed by atoms with Gasteiger partial charge in [0.1, 0.15) is 0 Å². The van der Waals surface area contributed by atoms with Gasteiger partial charge < -0.3 is 9.84 Å². The van der Waals surface area contributed by atoms with Crippen molar-refractivity contribution >= 4 is 35.2 Å². The predicted molar refractivity (Wildman–Crippen MR) is 92.4 cm³/mol. The van der Waals surface area contributed by atoms with E-state index in [9.17, 15) is 9.90 Å². The Balaban J connectivity index is 2.65. The van der Waals surface area contributed by atoms with Crippen molar-refractivity contribution in [2.24, 2.45) is 0 Å². The Morgan fingerprint density at radius 3 is 2.43 bits per heavy atom. The predicted octanol–water partition coefficient (Wildman–Crippen LogP) is 5.47. The minimum Gasteiger partial charge on any atom is -0.505 e. The third kappa shape index (κ3) is 6.52. The first-order valence-corrected chi connectivity index (χ1v) is 8.19. The molecule has 124 valence electrons. The van der Waals surface area contributed by atoms with Crippen LogP contribution in [0.3, 0.4) is 0 Å². The number of esters is 1. The Kier molecular flexibility index (Phi) is 8.53. The Bertz CT molecular complexity index is 598. The highest BCUT2D eigenvalue weighted by Gasteiger charge is 2.13. The number of phenols is 1. The number of nitrogens with zero attached hydrogens (tertiary/aromatic N) is 1. The summed E-state index contributed by atoms with van der Waals surface area (Å²) >= 11 is 11.6. The molecule has 23 heavy (non-hydrogen) atoms. The average Bonchev–Trinajstić information content (AvgIpc) is 2.53. The lowest BCUT2D eigenvalue weighted by molar-refractivity contribution is -0.138. The second-order valence-corrected chi connectivity index (χ2v) is 5.84. The van der Waals surface area contributed by atoms with E-state index < -0.39 is 5.97 Å². The van der Waals surface area contributed by atoms with Gasteiger partial charge in [0.2, 0.25) is 0 Å². The SMILES string of the molecule is [C-]#[N+]C(=Cc1cc(Cl)c(O)c(Cl)c1)C(=O)OCCCCCCC. The van der Waals surface area contributed by atoms with Gasteiger partial charge in [-0.1, -0.05) is 55.8 Å². The molecule has 1 rings (SSSR count). The molecule has 0 heterocycles. The average molecular weight is 356 g/mol. The molecule has 1 N–H and O–H groups in total. The number of hydrogen-bond donors (Lipinski definition) is 1. The van der Waals surface area contributed by atoms with Crippen LogP contribution in [0.2, 0.25) is 10.0 Å². The molecule has 1 aromatic carbocycles. The number of ether oxygens (including phenoxy) is 1. The van der Waals surface area contributed by atoms with E-state index in [0.717, 1.165) is 25.7 Å². The minimum absolute atomic E-state index is 0.0531. The molecule has 4 nitrogen and oxygen atoms in total. The molecule has 1 aromatic rings. The van der Waals surface area contributed by atoms with Gasteiger partial charge in [-0.2, -0.15) is 0 Å². The minimum atomic E-state index is -0.671. The van der Waals surface area contributed by atoms with Crippen LogP contribution in [0.1, 0.15) is 44.6 Å². The lowest BCUT2D eigenvalue weighted by Crippen LogP contribution is -2.07. The van der Waals surface area contributed by atoms with Crippen LogP contribution in [-0.4, -0.2) is 17.7 Å². The van der Waals surface area contributed by atoms with Crippen LogP contribution in [-0.2, 0) is 9.53 Å². The molecule has 6 heteroatoms. The zero-order chi connectivity index (χ0) is 17.2. The summed E-state index contributed by atoms with van der Waals surface area (Å²) in [5, 5.41) is 9.61. The molecule has 0 unspecified atom stereocenters. The van der Waals surface area contributed by atoms with Gasteiger partial charge >= 0.3 is 5.97 Å². The van der Waals surface area contributed by atoms with Crippen LogP contribution in [0.4, 0.5) is 0 Å². The van der Waals surface area contributed by atoms with Crippen molar-refractivity contribution in [1.82, 2.24) is 0 Å². The number of unbranched alkanes of at least 4 members (excludes halogenated alkanes) is 4. The number of aromatic hydroxyl groups is 1. The zero-order valence-corrected chi connectivity index (χ0v) is 14.5. The molecule has 0 amide bonds. The molecular formula is C17H19Cl2NO3. The fraction of sp³-hybridized carbons (Fsp3) is 0.412. The van der Waals surface area contributed by atoms with Crippen molar-refractivity contribution < 1.29 is 14.6 Å². The number of benzene rings is 1. The molecule has 0 fully saturated rings. The molecule has 0 aromatic heterocycles. The van der Waals surface area contributed by atoms with Gasteiger partial charge in [0.05, 0.1) is 23.2 Å². The van der Waals surface area contributed by atoms with Gasteiger partial charge in [0.25, 0.3) is 5.70 Å². The summed E-state index contributed by atoms with van der Waals surface area (Å²) < 4.78 is 5.10. The number of rotatable bonds is 8. The van der Waals surface area contributed by atoms with Crippen molar-refractivity contribution in [3.8, 4) is 5.75 Å². The monoisotopic (exact) mass is 355 g/mol. The molecule has 0 radical (unpaired) electrons. The molecule has 0 bridgehead atoms. The largest absolute Gasteiger partial charge is 0.505 e. The Labute approximate surface area is 146 Å². The molecule has 0 spiro atoms. The number of halogens is 2. The fourth-order valence-corrected chi connectivity index (χ4v) is 2.41. The molecule has 0 aliphatic rings. The Morgan fingerprint density at radius 2 is 1.87 bits per heavy atom. The van der Waals surface area contributed by atoms with Gasteiger partial charge in [-0.15, -0.1) is 0 Å². The van der Waals surface area contributed by atoms with Crippen molar-refractivity contribution in [3.63, 3.8) is 0 Å². The summed E-state index contributed by atoms with van der Waals surface area (Å²) in [5.41, 5.74) is 0.292. The van der Waals surface area contributed by atoms with Crippen LogP contribution in [0.25, 0.3) is 10.9 Å². The maximum Gasteiger partial charge on any atom is 0.336 e. The second kappa shape index (κ2) is 10.1. The lowest BCUT2D eigenvalue weighted by atomic mass is 10.1. The van der Waals surface area contributed by atoms with Crippen LogP contribution in [0.15, 0.2) is 17.8 Å². The molecular weight excluding hydrogens is 337 g/mol. The lowest BCUT2D eigenvalue weighted by Gasteiger charge is -2.05. The molecule has 0 saturated carbocycles. The van der Waals surface area contributed by atoms with E-state index in [1.807, 2.05) is 0 Å². The highest BCUT2D eigenvalue weighted by Crippen LogP contribution is 2.33.